The number of anilines is 2. The van der Waals surface area contributed by atoms with Crippen molar-refractivity contribution < 1.29 is 22.7 Å². The van der Waals surface area contributed by atoms with Gasteiger partial charge in [0.2, 0.25) is 15.9 Å². The van der Waals surface area contributed by atoms with Crippen molar-refractivity contribution in [3.8, 4) is 11.5 Å². The molecule has 0 radical (unpaired) electrons. The van der Waals surface area contributed by atoms with E-state index in [-0.39, 0.29) is 12.5 Å². The number of carbonyl (C=O) groups is 1. The van der Waals surface area contributed by atoms with Crippen LogP contribution in [0.3, 0.4) is 0 Å². The normalized spacial score (nSPS) is 20.6. The second kappa shape index (κ2) is 8.55. The number of sulfonamides is 1. The molecule has 1 atom stereocenters. The fourth-order valence-electron chi connectivity index (χ4n) is 3.45. The fourth-order valence-corrected chi connectivity index (χ4v) is 5.39. The lowest BCUT2D eigenvalue weighted by Crippen LogP contribution is -2.57. The Morgan fingerprint density at radius 2 is 1.67 bits per heavy atom. The number of hydrogen-bond donors (Lipinski definition) is 1. The first-order valence-electron chi connectivity index (χ1n) is 9.92. The van der Waals surface area contributed by atoms with Crippen LogP contribution in [0.5, 0.6) is 11.5 Å². The average molecular weight is 433 g/mol. The van der Waals surface area contributed by atoms with E-state index in [1.807, 2.05) is 13.8 Å². The van der Waals surface area contributed by atoms with Gasteiger partial charge in [0.1, 0.15) is 11.5 Å². The molecule has 0 aromatic heterocycles. The number of methoxy groups -OCH3 is 1. The zero-order chi connectivity index (χ0) is 21.9. The number of nitrogens with zero attached hydrogens (tertiary/aromatic N) is 1. The monoisotopic (exact) mass is 432 g/mol. The van der Waals surface area contributed by atoms with Crippen molar-refractivity contribution >= 4 is 27.3 Å². The second-order valence-electron chi connectivity index (χ2n) is 7.75. The van der Waals surface area contributed by atoms with E-state index in [4.69, 9.17) is 9.47 Å². The van der Waals surface area contributed by atoms with Crippen LogP contribution in [0.1, 0.15) is 33.6 Å². The van der Waals surface area contributed by atoms with Crippen molar-refractivity contribution in [1.29, 1.82) is 0 Å². The lowest BCUT2D eigenvalue weighted by atomic mass is 10.0. The summed E-state index contributed by atoms with van der Waals surface area (Å²) in [5, 5.41) is 2.76. The first kappa shape index (κ1) is 22.0. The first-order chi connectivity index (χ1) is 14.2. The van der Waals surface area contributed by atoms with Crippen LogP contribution < -0.4 is 19.1 Å². The fraction of sp³-hybridized carbons (Fsp3) is 0.409. The maximum atomic E-state index is 13.4. The van der Waals surface area contributed by atoms with Crippen LogP contribution in [0.4, 0.5) is 11.4 Å². The number of rotatable bonds is 6. The molecule has 2 aromatic carbocycles. The van der Waals surface area contributed by atoms with E-state index in [1.165, 1.54) is 11.2 Å². The van der Waals surface area contributed by atoms with E-state index < -0.39 is 20.7 Å². The molecular weight excluding hydrogens is 404 g/mol. The molecule has 0 aliphatic carbocycles. The molecule has 3 rings (SSSR count). The molecule has 1 fully saturated rings. The highest BCUT2D eigenvalue weighted by molar-refractivity contribution is 7.95. The maximum absolute atomic E-state index is 13.4. The molecular formula is C22H28N2O5S. The van der Waals surface area contributed by atoms with Crippen molar-refractivity contribution in [2.75, 3.05) is 23.3 Å². The summed E-state index contributed by atoms with van der Waals surface area (Å²) in [5.41, 5.74) is 1.04. The summed E-state index contributed by atoms with van der Waals surface area (Å²) in [7, 11) is -2.37. The van der Waals surface area contributed by atoms with Gasteiger partial charge in [-0.3, -0.25) is 9.10 Å². The SMILES string of the molecule is COc1ccc(N2CCC[C@@](C)(C(=O)Nc3ccc(OC(C)C)cc3)S2(=O)=O)cc1. The van der Waals surface area contributed by atoms with Crippen LogP contribution in [-0.2, 0) is 14.8 Å². The van der Waals surface area contributed by atoms with Crippen LogP contribution in [0, 0.1) is 0 Å². The number of hydrogen-bond acceptors (Lipinski definition) is 5. The number of benzene rings is 2. The highest BCUT2D eigenvalue weighted by Gasteiger charge is 2.52. The third-order valence-electron chi connectivity index (χ3n) is 5.20. The second-order valence-corrected chi connectivity index (χ2v) is 10.0. The molecule has 2 aromatic rings. The lowest BCUT2D eigenvalue weighted by molar-refractivity contribution is -0.118. The molecule has 162 valence electrons. The standard InChI is InChI=1S/C22H28N2O5S/c1-16(2)29-20-10-6-17(7-11-20)23-21(25)22(3)14-5-15-24(30(22,26)27)18-8-12-19(28-4)13-9-18/h6-13,16H,5,14-15H2,1-4H3,(H,23,25)/t22-/m0/s1. The summed E-state index contributed by atoms with van der Waals surface area (Å²) in [4.78, 5) is 13.1. The molecule has 0 unspecified atom stereocenters. The van der Waals surface area contributed by atoms with Gasteiger partial charge in [0.05, 0.1) is 18.9 Å². The summed E-state index contributed by atoms with van der Waals surface area (Å²) in [6, 6.07) is 13.7. The van der Waals surface area contributed by atoms with Crippen molar-refractivity contribution in [2.24, 2.45) is 0 Å². The summed E-state index contributed by atoms with van der Waals surface area (Å²) >= 11 is 0. The van der Waals surface area contributed by atoms with Gasteiger partial charge in [0, 0.05) is 12.2 Å². The van der Waals surface area contributed by atoms with E-state index in [0.717, 1.165) is 0 Å². The molecule has 1 amide bonds. The smallest absolute Gasteiger partial charge is 0.249 e. The number of ether oxygens (including phenoxy) is 2. The van der Waals surface area contributed by atoms with Gasteiger partial charge in [-0.15, -0.1) is 0 Å². The quantitative estimate of drug-likeness (QED) is 0.750. The van der Waals surface area contributed by atoms with E-state index in [2.05, 4.69) is 5.32 Å². The molecule has 1 aliphatic heterocycles. The Morgan fingerprint density at radius 1 is 1.07 bits per heavy atom. The molecule has 0 bridgehead atoms. The largest absolute Gasteiger partial charge is 0.497 e. The Balaban J connectivity index is 1.81. The van der Waals surface area contributed by atoms with Crippen LogP contribution in [0.15, 0.2) is 48.5 Å². The Labute approximate surface area is 178 Å². The molecule has 30 heavy (non-hydrogen) atoms. The van der Waals surface area contributed by atoms with Gasteiger partial charge in [-0.25, -0.2) is 8.42 Å². The minimum Gasteiger partial charge on any atom is -0.497 e. The third-order valence-corrected chi connectivity index (χ3v) is 7.70. The third kappa shape index (κ3) is 4.23. The molecule has 0 spiro atoms. The molecule has 1 aliphatic rings. The van der Waals surface area contributed by atoms with Crippen LogP contribution in [-0.4, -0.2) is 38.8 Å². The van der Waals surface area contributed by atoms with Gasteiger partial charge in [0.15, 0.2) is 4.75 Å². The summed E-state index contributed by atoms with van der Waals surface area (Å²) in [5.74, 6) is 0.780. The van der Waals surface area contributed by atoms with E-state index in [9.17, 15) is 13.2 Å². The van der Waals surface area contributed by atoms with Crippen LogP contribution in [0.2, 0.25) is 0 Å². The number of carbonyl (C=O) groups excluding carboxylic acids is 1. The topological polar surface area (TPSA) is 84.9 Å². The van der Waals surface area contributed by atoms with Gasteiger partial charge < -0.3 is 14.8 Å². The number of amides is 1. The molecule has 8 heteroatoms. The summed E-state index contributed by atoms with van der Waals surface area (Å²) in [6.07, 6.45) is 0.874. The number of nitrogens with one attached hydrogen (secondary N) is 1. The van der Waals surface area contributed by atoms with E-state index in [0.29, 0.717) is 35.8 Å². The van der Waals surface area contributed by atoms with Crippen LogP contribution in [0.25, 0.3) is 0 Å². The first-order valence-corrected chi connectivity index (χ1v) is 11.4. The average Bonchev–Trinajstić information content (AvgIpc) is 2.71. The van der Waals surface area contributed by atoms with Crippen molar-refractivity contribution in [3.63, 3.8) is 0 Å². The zero-order valence-electron chi connectivity index (χ0n) is 17.7. The Morgan fingerprint density at radius 3 is 2.23 bits per heavy atom. The summed E-state index contributed by atoms with van der Waals surface area (Å²) < 4.78 is 37.3. The Hall–Kier alpha value is -2.74. The Bertz CT molecular complexity index is 987. The minimum absolute atomic E-state index is 0.0423. The summed E-state index contributed by atoms with van der Waals surface area (Å²) in [6.45, 7) is 5.68. The molecule has 0 saturated carbocycles. The van der Waals surface area contributed by atoms with Crippen molar-refractivity contribution in [1.82, 2.24) is 0 Å². The molecule has 7 nitrogen and oxygen atoms in total. The molecule has 1 N–H and O–H groups in total. The molecule has 1 saturated heterocycles. The minimum atomic E-state index is -3.92. The van der Waals surface area contributed by atoms with Gasteiger partial charge in [-0.1, -0.05) is 0 Å². The highest BCUT2D eigenvalue weighted by atomic mass is 32.2. The lowest BCUT2D eigenvalue weighted by Gasteiger charge is -2.39. The predicted molar refractivity (Wildman–Crippen MR) is 118 cm³/mol. The van der Waals surface area contributed by atoms with Crippen LogP contribution >= 0.6 is 0 Å². The maximum Gasteiger partial charge on any atom is 0.249 e. The van der Waals surface area contributed by atoms with Gasteiger partial charge in [-0.2, -0.15) is 0 Å². The van der Waals surface area contributed by atoms with Crippen molar-refractivity contribution in [3.05, 3.63) is 48.5 Å². The Kier molecular flexibility index (Phi) is 6.26. The molecule has 1 heterocycles. The predicted octanol–water partition coefficient (Wildman–Crippen LogP) is 3.81. The zero-order valence-corrected chi connectivity index (χ0v) is 18.5. The van der Waals surface area contributed by atoms with E-state index >= 15 is 0 Å². The van der Waals surface area contributed by atoms with Gasteiger partial charge >= 0.3 is 0 Å². The van der Waals surface area contributed by atoms with Gasteiger partial charge in [0.25, 0.3) is 0 Å². The van der Waals surface area contributed by atoms with Gasteiger partial charge in [-0.05, 0) is 82.1 Å². The van der Waals surface area contributed by atoms with E-state index in [1.54, 1.807) is 55.6 Å². The highest BCUT2D eigenvalue weighted by Crippen LogP contribution is 2.36. The van der Waals surface area contributed by atoms with Crippen molar-refractivity contribution in [2.45, 2.75) is 44.5 Å².